The van der Waals surface area contributed by atoms with Crippen molar-refractivity contribution >= 4 is 46.5 Å². The summed E-state index contributed by atoms with van der Waals surface area (Å²) in [6.07, 6.45) is -0.298. The smallest absolute Gasteiger partial charge is 0.326 e. The van der Waals surface area contributed by atoms with E-state index in [1.807, 2.05) is 0 Å². The molecule has 2 rings (SSSR count). The quantitative estimate of drug-likeness (QED) is 0.148. The molecule has 1 heterocycles. The summed E-state index contributed by atoms with van der Waals surface area (Å²) >= 11 is 0. The number of fused-ring (bicyclic) bond motifs is 1. The Morgan fingerprint density at radius 2 is 1.50 bits per heavy atom. The maximum absolute atomic E-state index is 12.8. The third-order valence-corrected chi connectivity index (χ3v) is 5.21. The van der Waals surface area contributed by atoms with E-state index in [-0.39, 0.29) is 12.8 Å². The molecule has 1 aromatic heterocycles. The number of nitrogens with two attached hydrogens (primary N) is 1. The lowest BCUT2D eigenvalue weighted by atomic mass is 10.0. The molecule has 0 bridgehead atoms. The molecule has 0 radical (unpaired) electrons. The molecule has 3 unspecified atom stereocenters. The molecule has 9 N–H and O–H groups in total. The van der Waals surface area contributed by atoms with Crippen LogP contribution in [0, 0.1) is 0 Å². The summed E-state index contributed by atoms with van der Waals surface area (Å²) in [7, 11) is 0. The number of rotatable bonds is 14. The Hall–Kier alpha value is -4.46. The Morgan fingerprint density at radius 3 is 2.11 bits per heavy atom. The van der Waals surface area contributed by atoms with Crippen molar-refractivity contribution in [1.29, 1.82) is 0 Å². The average molecular weight is 505 g/mol. The highest BCUT2D eigenvalue weighted by molar-refractivity contribution is 5.95. The van der Waals surface area contributed by atoms with Gasteiger partial charge in [-0.3, -0.25) is 24.0 Å². The van der Waals surface area contributed by atoms with Crippen LogP contribution in [-0.4, -0.2) is 80.6 Å². The third kappa shape index (κ3) is 8.09. The minimum atomic E-state index is -1.71. The minimum Gasteiger partial charge on any atom is -0.481 e. The van der Waals surface area contributed by atoms with Gasteiger partial charge in [0.1, 0.15) is 18.1 Å². The van der Waals surface area contributed by atoms with Gasteiger partial charge in [-0.05, 0) is 18.1 Å². The SMILES string of the molecule is NCC(=O)NC(CCC(=O)O)C(=O)NC(CC(=O)O)C(=O)NC(Cc1c[nH]c2ccccc12)C(=O)O. The summed E-state index contributed by atoms with van der Waals surface area (Å²) in [5, 5.41) is 35.1. The lowest BCUT2D eigenvalue weighted by molar-refractivity contribution is -0.143. The monoisotopic (exact) mass is 505 g/mol. The molecule has 194 valence electrons. The van der Waals surface area contributed by atoms with E-state index in [4.69, 9.17) is 10.8 Å². The molecule has 0 saturated carbocycles. The Morgan fingerprint density at radius 1 is 0.861 bits per heavy atom. The molecule has 2 aromatic rings. The number of nitrogens with one attached hydrogen (secondary N) is 4. The average Bonchev–Trinajstić information content (AvgIpc) is 3.22. The molecule has 0 saturated heterocycles. The predicted molar refractivity (Wildman–Crippen MR) is 124 cm³/mol. The van der Waals surface area contributed by atoms with Gasteiger partial charge in [0.2, 0.25) is 17.7 Å². The second-order valence-corrected chi connectivity index (χ2v) is 7.88. The van der Waals surface area contributed by atoms with Crippen molar-refractivity contribution in [3.05, 3.63) is 36.0 Å². The Labute approximate surface area is 204 Å². The van der Waals surface area contributed by atoms with Gasteiger partial charge in [-0.1, -0.05) is 18.2 Å². The van der Waals surface area contributed by atoms with E-state index in [0.717, 1.165) is 10.9 Å². The first kappa shape index (κ1) is 27.8. The van der Waals surface area contributed by atoms with Crippen LogP contribution in [0.25, 0.3) is 10.9 Å². The number of benzene rings is 1. The number of para-hydroxylation sites is 1. The van der Waals surface area contributed by atoms with Crippen LogP contribution < -0.4 is 21.7 Å². The van der Waals surface area contributed by atoms with E-state index in [1.165, 1.54) is 0 Å². The van der Waals surface area contributed by atoms with Gasteiger partial charge >= 0.3 is 17.9 Å². The van der Waals surface area contributed by atoms with Crippen LogP contribution >= 0.6 is 0 Å². The molecule has 0 fully saturated rings. The first-order valence-corrected chi connectivity index (χ1v) is 10.8. The van der Waals surface area contributed by atoms with Gasteiger partial charge in [0, 0.05) is 29.9 Å². The molecule has 1 aromatic carbocycles. The largest absolute Gasteiger partial charge is 0.481 e. The van der Waals surface area contributed by atoms with Crippen molar-refractivity contribution < 1.29 is 44.1 Å². The van der Waals surface area contributed by atoms with E-state index in [0.29, 0.717) is 5.56 Å². The van der Waals surface area contributed by atoms with Crippen molar-refractivity contribution in [3.8, 4) is 0 Å². The van der Waals surface area contributed by atoms with Gasteiger partial charge in [0.15, 0.2) is 0 Å². The number of H-pyrrole nitrogens is 1. The summed E-state index contributed by atoms with van der Waals surface area (Å²) in [6.45, 7) is -0.496. The fraction of sp³-hybridized carbons (Fsp3) is 0.364. The first-order valence-electron chi connectivity index (χ1n) is 10.8. The van der Waals surface area contributed by atoms with Crippen LogP contribution in [0.1, 0.15) is 24.8 Å². The van der Waals surface area contributed by atoms with E-state index >= 15 is 0 Å². The van der Waals surface area contributed by atoms with Crippen molar-refractivity contribution in [2.75, 3.05) is 6.54 Å². The summed E-state index contributed by atoms with van der Waals surface area (Å²) in [5.41, 5.74) is 6.55. The fourth-order valence-electron chi connectivity index (χ4n) is 3.44. The zero-order chi connectivity index (χ0) is 26.8. The highest BCUT2D eigenvalue weighted by Gasteiger charge is 2.31. The number of carbonyl (C=O) groups excluding carboxylic acids is 3. The van der Waals surface area contributed by atoms with Crippen molar-refractivity contribution in [2.24, 2.45) is 5.73 Å². The Kier molecular flexibility index (Phi) is 9.92. The van der Waals surface area contributed by atoms with Crippen LogP contribution in [-0.2, 0) is 35.2 Å². The Bertz CT molecular complexity index is 1150. The van der Waals surface area contributed by atoms with Gasteiger partial charge < -0.3 is 42.0 Å². The zero-order valence-corrected chi connectivity index (χ0v) is 19.0. The zero-order valence-electron chi connectivity index (χ0n) is 19.0. The first-order chi connectivity index (χ1) is 17.0. The molecule has 0 aliphatic rings. The standard InChI is InChI=1S/C22H27N5O9/c23-9-17(28)25-14(5-6-18(29)30)20(33)26-15(8-19(31)32)21(34)27-16(22(35)36)7-11-10-24-13-4-2-1-3-12(11)13/h1-4,10,14-16,24H,5-9,23H2,(H,25,28)(H,26,33)(H,27,34)(H,29,30)(H,31,32)(H,35,36). The van der Waals surface area contributed by atoms with Crippen LogP contribution in [0.4, 0.5) is 0 Å². The normalized spacial score (nSPS) is 13.2. The molecule has 14 nitrogen and oxygen atoms in total. The predicted octanol–water partition coefficient (Wildman–Crippen LogP) is -1.45. The number of carboxylic acids is 3. The fourth-order valence-corrected chi connectivity index (χ4v) is 3.44. The molecular weight excluding hydrogens is 478 g/mol. The maximum atomic E-state index is 12.8. The molecular formula is C22H27N5O9. The number of amides is 3. The molecule has 0 aliphatic heterocycles. The molecule has 3 amide bonds. The van der Waals surface area contributed by atoms with Gasteiger partial charge in [0.05, 0.1) is 13.0 Å². The van der Waals surface area contributed by atoms with Crippen LogP contribution in [0.3, 0.4) is 0 Å². The van der Waals surface area contributed by atoms with Gasteiger partial charge in [-0.15, -0.1) is 0 Å². The number of carbonyl (C=O) groups is 6. The van der Waals surface area contributed by atoms with Crippen molar-refractivity contribution in [3.63, 3.8) is 0 Å². The number of aromatic amines is 1. The topological polar surface area (TPSA) is 241 Å². The second-order valence-electron chi connectivity index (χ2n) is 7.88. The second kappa shape index (κ2) is 12.9. The van der Waals surface area contributed by atoms with E-state index < -0.39 is 73.1 Å². The number of aromatic nitrogens is 1. The lowest BCUT2D eigenvalue weighted by Gasteiger charge is -2.23. The molecule has 0 spiro atoms. The van der Waals surface area contributed by atoms with Crippen LogP contribution in [0.15, 0.2) is 30.5 Å². The molecule has 0 aliphatic carbocycles. The number of aliphatic carboxylic acids is 3. The van der Waals surface area contributed by atoms with Gasteiger partial charge in [-0.25, -0.2) is 4.79 Å². The summed E-state index contributed by atoms with van der Waals surface area (Å²) in [5.74, 6) is -6.99. The number of hydrogen-bond donors (Lipinski definition) is 8. The maximum Gasteiger partial charge on any atom is 0.326 e. The number of carboxylic acid groups (broad SMARTS) is 3. The highest BCUT2D eigenvalue weighted by atomic mass is 16.4. The summed E-state index contributed by atoms with van der Waals surface area (Å²) < 4.78 is 0. The summed E-state index contributed by atoms with van der Waals surface area (Å²) in [4.78, 5) is 74.1. The van der Waals surface area contributed by atoms with E-state index in [2.05, 4.69) is 20.9 Å². The van der Waals surface area contributed by atoms with Crippen molar-refractivity contribution in [1.82, 2.24) is 20.9 Å². The van der Waals surface area contributed by atoms with Gasteiger partial charge in [-0.2, -0.15) is 0 Å². The Balaban J connectivity index is 2.18. The molecule has 14 heteroatoms. The van der Waals surface area contributed by atoms with E-state index in [9.17, 15) is 39.0 Å². The van der Waals surface area contributed by atoms with Gasteiger partial charge in [0.25, 0.3) is 0 Å². The minimum absolute atomic E-state index is 0.132. The van der Waals surface area contributed by atoms with Crippen LogP contribution in [0.5, 0.6) is 0 Å². The van der Waals surface area contributed by atoms with Crippen molar-refractivity contribution in [2.45, 2.75) is 43.8 Å². The molecule has 3 atom stereocenters. The molecule has 36 heavy (non-hydrogen) atoms. The van der Waals surface area contributed by atoms with E-state index in [1.54, 1.807) is 30.5 Å². The third-order valence-electron chi connectivity index (χ3n) is 5.21. The summed E-state index contributed by atoms with van der Waals surface area (Å²) in [6, 6.07) is 2.53. The number of hydrogen-bond acceptors (Lipinski definition) is 7. The highest BCUT2D eigenvalue weighted by Crippen LogP contribution is 2.19. The lowest BCUT2D eigenvalue weighted by Crippen LogP contribution is -2.57. The van der Waals surface area contributed by atoms with Crippen LogP contribution in [0.2, 0.25) is 0 Å².